The molecule has 3 N–H and O–H groups in total. The summed E-state index contributed by atoms with van der Waals surface area (Å²) in [7, 11) is 0. The van der Waals surface area contributed by atoms with Crippen LogP contribution in [0.5, 0.6) is 0 Å². The largest absolute Gasteiger partial charge is 0.324 e. The number of benzene rings is 1. The van der Waals surface area contributed by atoms with Crippen LogP contribution in [0.1, 0.15) is 19.8 Å². The lowest BCUT2D eigenvalue weighted by molar-refractivity contribution is -0.121. The van der Waals surface area contributed by atoms with Gasteiger partial charge in [0.15, 0.2) is 0 Å². The van der Waals surface area contributed by atoms with E-state index in [9.17, 15) is 4.79 Å². The Kier molecular flexibility index (Phi) is 3.43. The Balaban J connectivity index is 1.79. The van der Waals surface area contributed by atoms with Crippen molar-refractivity contribution in [1.29, 1.82) is 0 Å². The van der Waals surface area contributed by atoms with Crippen molar-refractivity contribution in [2.75, 3.05) is 5.32 Å². The summed E-state index contributed by atoms with van der Waals surface area (Å²) in [6, 6.07) is 7.60. The molecule has 1 aliphatic carbocycles. The number of nitrogens with two attached hydrogens (primary N) is 1. The van der Waals surface area contributed by atoms with Crippen LogP contribution in [0.4, 0.5) is 5.69 Å². The van der Waals surface area contributed by atoms with Gasteiger partial charge in [0.05, 0.1) is 5.54 Å². The summed E-state index contributed by atoms with van der Waals surface area (Å²) in [5.41, 5.74) is 7.93. The van der Waals surface area contributed by atoms with Crippen molar-refractivity contribution in [3.63, 3.8) is 0 Å². The minimum Gasteiger partial charge on any atom is -0.324 e. The van der Waals surface area contributed by atoms with E-state index in [0.717, 1.165) is 29.7 Å². The van der Waals surface area contributed by atoms with Crippen LogP contribution in [0.15, 0.2) is 43.0 Å². The van der Waals surface area contributed by atoms with E-state index in [2.05, 4.69) is 15.3 Å². The lowest BCUT2D eigenvalue weighted by atomic mass is 9.96. The smallest absolute Gasteiger partial charge is 0.244 e. The van der Waals surface area contributed by atoms with E-state index in [-0.39, 0.29) is 5.91 Å². The molecule has 0 bridgehead atoms. The molecule has 1 unspecified atom stereocenters. The number of hydrogen-bond acceptors (Lipinski definition) is 4. The molecule has 2 aromatic rings. The highest BCUT2D eigenvalue weighted by molar-refractivity contribution is 5.98. The van der Waals surface area contributed by atoms with Crippen LogP contribution in [0, 0.1) is 5.92 Å². The Labute approximate surface area is 123 Å². The van der Waals surface area contributed by atoms with E-state index in [0.29, 0.717) is 5.92 Å². The first-order chi connectivity index (χ1) is 10.1. The number of aromatic nitrogens is 2. The minimum atomic E-state index is -0.800. The van der Waals surface area contributed by atoms with E-state index in [1.807, 2.05) is 24.3 Å². The van der Waals surface area contributed by atoms with Crippen LogP contribution in [-0.2, 0) is 4.79 Å². The summed E-state index contributed by atoms with van der Waals surface area (Å²) in [4.78, 5) is 20.3. The minimum absolute atomic E-state index is 0.133. The van der Waals surface area contributed by atoms with Crippen LogP contribution >= 0.6 is 0 Å². The van der Waals surface area contributed by atoms with E-state index >= 15 is 0 Å². The van der Waals surface area contributed by atoms with Crippen LogP contribution in [0.2, 0.25) is 0 Å². The van der Waals surface area contributed by atoms with Crippen LogP contribution in [0.25, 0.3) is 11.1 Å². The lowest BCUT2D eigenvalue weighted by Crippen LogP contribution is -2.50. The first-order valence-corrected chi connectivity index (χ1v) is 7.03. The van der Waals surface area contributed by atoms with Gasteiger partial charge in [0, 0.05) is 23.6 Å². The number of amides is 1. The molecule has 5 heteroatoms. The number of carbonyl (C=O) groups excluding carboxylic acids is 1. The fourth-order valence-corrected chi connectivity index (χ4v) is 2.36. The predicted molar refractivity (Wildman–Crippen MR) is 81.4 cm³/mol. The van der Waals surface area contributed by atoms with E-state index in [1.165, 1.54) is 6.33 Å². The molecule has 1 heterocycles. The lowest BCUT2D eigenvalue weighted by Gasteiger charge is -2.23. The number of nitrogens with one attached hydrogen (secondary N) is 1. The highest BCUT2D eigenvalue weighted by atomic mass is 16.2. The number of nitrogens with zero attached hydrogens (tertiary/aromatic N) is 2. The van der Waals surface area contributed by atoms with Crippen molar-refractivity contribution in [1.82, 2.24) is 9.97 Å². The zero-order valence-corrected chi connectivity index (χ0v) is 11.9. The van der Waals surface area contributed by atoms with Gasteiger partial charge >= 0.3 is 0 Å². The monoisotopic (exact) mass is 282 g/mol. The molecule has 5 nitrogen and oxygen atoms in total. The second-order valence-electron chi connectivity index (χ2n) is 5.72. The van der Waals surface area contributed by atoms with Crippen molar-refractivity contribution in [2.45, 2.75) is 25.3 Å². The number of anilines is 1. The summed E-state index contributed by atoms with van der Waals surface area (Å²) >= 11 is 0. The number of hydrogen-bond donors (Lipinski definition) is 2. The van der Waals surface area contributed by atoms with Crippen LogP contribution in [-0.4, -0.2) is 21.4 Å². The molecular formula is C16H18N4O. The zero-order valence-electron chi connectivity index (χ0n) is 11.9. The molecule has 1 aromatic carbocycles. The Hall–Kier alpha value is -2.27. The standard InChI is InChI=1S/C16H18N4O/c1-16(17,13-5-6-13)15(21)20-14-4-2-3-11(7-14)12-8-18-10-19-9-12/h2-4,7-10,13H,5-6,17H2,1H3,(H,20,21). The summed E-state index contributed by atoms with van der Waals surface area (Å²) < 4.78 is 0. The normalized spacial score (nSPS) is 17.0. The van der Waals surface area contributed by atoms with E-state index < -0.39 is 5.54 Å². The first-order valence-electron chi connectivity index (χ1n) is 7.03. The molecule has 0 radical (unpaired) electrons. The maximum atomic E-state index is 12.3. The molecule has 0 aliphatic heterocycles. The summed E-state index contributed by atoms with van der Waals surface area (Å²) in [6.07, 6.45) is 7.03. The van der Waals surface area contributed by atoms with Gasteiger partial charge in [0.25, 0.3) is 0 Å². The van der Waals surface area contributed by atoms with Gasteiger partial charge in [-0.05, 0) is 43.4 Å². The van der Waals surface area contributed by atoms with Gasteiger partial charge in [-0.2, -0.15) is 0 Å². The molecule has 0 saturated heterocycles. The Bertz CT molecular complexity index is 650. The number of rotatable bonds is 4. The molecule has 1 fully saturated rings. The molecule has 3 rings (SSSR count). The van der Waals surface area contributed by atoms with Crippen molar-refractivity contribution in [3.05, 3.63) is 43.0 Å². The van der Waals surface area contributed by atoms with Gasteiger partial charge in [-0.3, -0.25) is 4.79 Å². The Morgan fingerprint density at radius 1 is 1.29 bits per heavy atom. The van der Waals surface area contributed by atoms with Gasteiger partial charge in [-0.1, -0.05) is 12.1 Å². The highest BCUT2D eigenvalue weighted by Crippen LogP contribution is 2.38. The molecule has 1 atom stereocenters. The average molecular weight is 282 g/mol. The van der Waals surface area contributed by atoms with Gasteiger partial charge in [-0.25, -0.2) is 9.97 Å². The molecular weight excluding hydrogens is 264 g/mol. The van der Waals surface area contributed by atoms with E-state index in [4.69, 9.17) is 5.73 Å². The fourth-order valence-electron chi connectivity index (χ4n) is 2.36. The van der Waals surface area contributed by atoms with Crippen molar-refractivity contribution < 1.29 is 4.79 Å². The summed E-state index contributed by atoms with van der Waals surface area (Å²) in [5.74, 6) is 0.162. The van der Waals surface area contributed by atoms with Gasteiger partial charge < -0.3 is 11.1 Å². The Morgan fingerprint density at radius 2 is 2.00 bits per heavy atom. The maximum Gasteiger partial charge on any atom is 0.244 e. The third-order valence-electron chi connectivity index (χ3n) is 3.93. The van der Waals surface area contributed by atoms with E-state index in [1.54, 1.807) is 19.3 Å². The topological polar surface area (TPSA) is 80.9 Å². The SMILES string of the molecule is CC(N)(C(=O)Nc1cccc(-c2cncnc2)c1)C1CC1. The summed E-state index contributed by atoms with van der Waals surface area (Å²) in [6.45, 7) is 1.80. The zero-order chi connectivity index (χ0) is 14.9. The third kappa shape index (κ3) is 2.92. The second-order valence-corrected chi connectivity index (χ2v) is 5.72. The molecule has 0 spiro atoms. The second kappa shape index (κ2) is 5.26. The molecule has 1 aromatic heterocycles. The van der Waals surface area contributed by atoms with Crippen LogP contribution < -0.4 is 11.1 Å². The fraction of sp³-hybridized carbons (Fsp3) is 0.312. The average Bonchev–Trinajstić information content (AvgIpc) is 3.33. The molecule has 1 aliphatic rings. The van der Waals surface area contributed by atoms with Crippen LogP contribution in [0.3, 0.4) is 0 Å². The van der Waals surface area contributed by atoms with Crippen molar-refractivity contribution in [2.24, 2.45) is 11.7 Å². The quantitative estimate of drug-likeness (QED) is 0.901. The Morgan fingerprint density at radius 3 is 2.67 bits per heavy atom. The van der Waals surface area contributed by atoms with Gasteiger partial charge in [-0.15, -0.1) is 0 Å². The predicted octanol–water partition coefficient (Wildman–Crippen LogP) is 2.21. The summed E-state index contributed by atoms with van der Waals surface area (Å²) in [5, 5.41) is 2.91. The first kappa shape index (κ1) is 13.7. The van der Waals surface area contributed by atoms with Gasteiger partial charge in [0.1, 0.15) is 6.33 Å². The third-order valence-corrected chi connectivity index (χ3v) is 3.93. The highest BCUT2D eigenvalue weighted by Gasteiger charge is 2.44. The maximum absolute atomic E-state index is 12.3. The molecule has 1 saturated carbocycles. The molecule has 1 amide bonds. The van der Waals surface area contributed by atoms with Crippen molar-refractivity contribution >= 4 is 11.6 Å². The number of carbonyl (C=O) groups is 1. The van der Waals surface area contributed by atoms with Crippen molar-refractivity contribution in [3.8, 4) is 11.1 Å². The molecule has 108 valence electrons. The molecule has 21 heavy (non-hydrogen) atoms. The van der Waals surface area contributed by atoms with Gasteiger partial charge in [0.2, 0.25) is 5.91 Å².